The van der Waals surface area contributed by atoms with Gasteiger partial charge in [-0.2, -0.15) is 0 Å². The number of pyridine rings is 1. The molecule has 1 unspecified atom stereocenters. The Morgan fingerprint density at radius 1 is 1.43 bits per heavy atom. The van der Waals surface area contributed by atoms with Gasteiger partial charge in [0.2, 0.25) is 5.91 Å². The number of rotatable bonds is 3. The molecule has 1 aromatic heterocycles. The fourth-order valence-corrected chi connectivity index (χ4v) is 3.11. The standard InChI is InChI=1S/C14H21N3O3S/c1-14(2)7-4-8-15-12(14)13(18)17-10-5-6-11(16-9-10)21(3,19)20/h5-6,9,12,15H,4,7-8H2,1-3H3,(H,17,18). The van der Waals surface area contributed by atoms with Gasteiger partial charge in [0, 0.05) is 6.26 Å². The Labute approximate surface area is 125 Å². The lowest BCUT2D eigenvalue weighted by atomic mass is 9.77. The molecule has 21 heavy (non-hydrogen) atoms. The summed E-state index contributed by atoms with van der Waals surface area (Å²) in [5, 5.41) is 6.02. The van der Waals surface area contributed by atoms with E-state index in [-0.39, 0.29) is 22.4 Å². The minimum Gasteiger partial charge on any atom is -0.323 e. The van der Waals surface area contributed by atoms with Crippen molar-refractivity contribution in [1.82, 2.24) is 10.3 Å². The number of hydrogen-bond donors (Lipinski definition) is 2. The summed E-state index contributed by atoms with van der Waals surface area (Å²) in [5.74, 6) is -0.117. The first-order chi connectivity index (χ1) is 9.70. The summed E-state index contributed by atoms with van der Waals surface area (Å²) in [6.45, 7) is 4.95. The van der Waals surface area contributed by atoms with Gasteiger partial charge < -0.3 is 10.6 Å². The van der Waals surface area contributed by atoms with Gasteiger partial charge in [-0.15, -0.1) is 0 Å². The van der Waals surface area contributed by atoms with Gasteiger partial charge in [-0.05, 0) is 36.9 Å². The van der Waals surface area contributed by atoms with Crippen LogP contribution in [-0.4, -0.2) is 38.2 Å². The van der Waals surface area contributed by atoms with E-state index in [1.807, 2.05) is 0 Å². The van der Waals surface area contributed by atoms with Crippen LogP contribution in [0.25, 0.3) is 0 Å². The quantitative estimate of drug-likeness (QED) is 0.876. The molecule has 1 aliphatic rings. The zero-order valence-corrected chi connectivity index (χ0v) is 13.3. The minimum absolute atomic E-state index is 0.00313. The van der Waals surface area contributed by atoms with Crippen molar-refractivity contribution in [2.45, 2.75) is 37.8 Å². The average molecular weight is 311 g/mol. The van der Waals surface area contributed by atoms with Crippen LogP contribution >= 0.6 is 0 Å². The van der Waals surface area contributed by atoms with Crippen molar-refractivity contribution >= 4 is 21.4 Å². The van der Waals surface area contributed by atoms with Gasteiger partial charge in [-0.25, -0.2) is 13.4 Å². The number of nitrogens with zero attached hydrogens (tertiary/aromatic N) is 1. The molecule has 1 aromatic rings. The molecule has 0 spiro atoms. The Kier molecular flexibility index (Phi) is 4.34. The smallest absolute Gasteiger partial charge is 0.242 e. The number of carbonyl (C=O) groups excluding carboxylic acids is 1. The first kappa shape index (κ1) is 15.9. The van der Waals surface area contributed by atoms with Gasteiger partial charge in [0.05, 0.1) is 17.9 Å². The number of carbonyl (C=O) groups is 1. The van der Waals surface area contributed by atoms with Gasteiger partial charge in [-0.3, -0.25) is 4.79 Å². The average Bonchev–Trinajstić information content (AvgIpc) is 2.37. The molecule has 1 atom stereocenters. The molecule has 2 rings (SSSR count). The summed E-state index contributed by atoms with van der Waals surface area (Å²) in [5.41, 5.74) is 0.387. The number of amides is 1. The molecule has 2 N–H and O–H groups in total. The Hall–Kier alpha value is -1.47. The highest BCUT2D eigenvalue weighted by Crippen LogP contribution is 2.30. The fourth-order valence-electron chi connectivity index (χ4n) is 2.55. The van der Waals surface area contributed by atoms with Crippen LogP contribution in [0, 0.1) is 5.41 Å². The van der Waals surface area contributed by atoms with E-state index in [1.165, 1.54) is 12.3 Å². The van der Waals surface area contributed by atoms with E-state index in [0.717, 1.165) is 25.6 Å². The lowest BCUT2D eigenvalue weighted by Gasteiger charge is -2.38. The van der Waals surface area contributed by atoms with Crippen LogP contribution in [0.5, 0.6) is 0 Å². The van der Waals surface area contributed by atoms with E-state index >= 15 is 0 Å². The highest BCUT2D eigenvalue weighted by molar-refractivity contribution is 7.90. The zero-order valence-electron chi connectivity index (χ0n) is 12.5. The predicted molar refractivity (Wildman–Crippen MR) is 80.8 cm³/mol. The highest BCUT2D eigenvalue weighted by Gasteiger charge is 2.37. The van der Waals surface area contributed by atoms with Crippen LogP contribution in [0.15, 0.2) is 23.4 Å². The van der Waals surface area contributed by atoms with E-state index in [9.17, 15) is 13.2 Å². The lowest BCUT2D eigenvalue weighted by molar-refractivity contribution is -0.121. The van der Waals surface area contributed by atoms with Gasteiger partial charge in [0.15, 0.2) is 14.9 Å². The number of sulfone groups is 1. The molecular weight excluding hydrogens is 290 g/mol. The van der Waals surface area contributed by atoms with Gasteiger partial charge in [-0.1, -0.05) is 13.8 Å². The topological polar surface area (TPSA) is 88.2 Å². The summed E-state index contributed by atoms with van der Waals surface area (Å²) < 4.78 is 22.7. The van der Waals surface area contributed by atoms with Crippen molar-refractivity contribution in [3.05, 3.63) is 18.3 Å². The zero-order chi connectivity index (χ0) is 15.7. The van der Waals surface area contributed by atoms with Crippen LogP contribution in [-0.2, 0) is 14.6 Å². The van der Waals surface area contributed by atoms with E-state index in [4.69, 9.17) is 0 Å². The molecule has 1 saturated heterocycles. The molecule has 6 nitrogen and oxygen atoms in total. The van der Waals surface area contributed by atoms with Crippen LogP contribution < -0.4 is 10.6 Å². The van der Waals surface area contributed by atoms with E-state index in [2.05, 4.69) is 29.5 Å². The summed E-state index contributed by atoms with van der Waals surface area (Å²) in [4.78, 5) is 16.2. The van der Waals surface area contributed by atoms with Crippen molar-refractivity contribution in [2.75, 3.05) is 18.1 Å². The molecular formula is C14H21N3O3S. The predicted octanol–water partition coefficient (Wildman–Crippen LogP) is 1.20. The van der Waals surface area contributed by atoms with Crippen LogP contribution in [0.4, 0.5) is 5.69 Å². The second-order valence-electron chi connectivity index (χ2n) is 6.13. The SMILES string of the molecule is CC1(C)CCCNC1C(=O)Nc1ccc(S(C)(=O)=O)nc1. The summed E-state index contributed by atoms with van der Waals surface area (Å²) in [6, 6.07) is 2.68. The molecule has 0 aromatic carbocycles. The van der Waals surface area contributed by atoms with Gasteiger partial charge in [0.1, 0.15) is 0 Å². The number of anilines is 1. The first-order valence-corrected chi connectivity index (χ1v) is 8.80. The van der Waals surface area contributed by atoms with E-state index < -0.39 is 9.84 Å². The largest absolute Gasteiger partial charge is 0.323 e. The van der Waals surface area contributed by atoms with Crippen molar-refractivity contribution in [3.8, 4) is 0 Å². The molecule has 116 valence electrons. The fraction of sp³-hybridized carbons (Fsp3) is 0.571. The molecule has 7 heteroatoms. The minimum atomic E-state index is -3.32. The number of aromatic nitrogens is 1. The lowest BCUT2D eigenvalue weighted by Crippen LogP contribution is -2.53. The molecule has 1 aliphatic heterocycles. The van der Waals surface area contributed by atoms with Crippen LogP contribution in [0.3, 0.4) is 0 Å². The molecule has 2 heterocycles. The van der Waals surface area contributed by atoms with E-state index in [1.54, 1.807) is 6.07 Å². The van der Waals surface area contributed by atoms with Gasteiger partial charge in [0.25, 0.3) is 0 Å². The molecule has 0 bridgehead atoms. The van der Waals surface area contributed by atoms with E-state index in [0.29, 0.717) is 5.69 Å². The Morgan fingerprint density at radius 3 is 2.67 bits per heavy atom. The Morgan fingerprint density at radius 2 is 2.14 bits per heavy atom. The second kappa shape index (κ2) is 5.73. The maximum atomic E-state index is 12.3. The summed E-state index contributed by atoms with van der Waals surface area (Å²) in [6.07, 6.45) is 4.51. The van der Waals surface area contributed by atoms with Gasteiger partial charge >= 0.3 is 0 Å². The third-order valence-corrected chi connectivity index (χ3v) is 4.78. The molecule has 1 amide bonds. The highest BCUT2D eigenvalue weighted by atomic mass is 32.2. The summed E-state index contributed by atoms with van der Waals surface area (Å²) in [7, 11) is -3.32. The molecule has 0 radical (unpaired) electrons. The molecule has 0 saturated carbocycles. The van der Waals surface area contributed by atoms with Crippen molar-refractivity contribution in [3.63, 3.8) is 0 Å². The van der Waals surface area contributed by atoms with Crippen LogP contribution in [0.1, 0.15) is 26.7 Å². The monoisotopic (exact) mass is 311 g/mol. The molecule has 0 aliphatic carbocycles. The molecule has 1 fully saturated rings. The maximum absolute atomic E-state index is 12.3. The number of nitrogens with one attached hydrogen (secondary N) is 2. The van der Waals surface area contributed by atoms with Crippen molar-refractivity contribution in [2.24, 2.45) is 5.41 Å². The number of piperidine rings is 1. The Balaban J connectivity index is 2.09. The van der Waals surface area contributed by atoms with Crippen LogP contribution in [0.2, 0.25) is 0 Å². The second-order valence-corrected chi connectivity index (χ2v) is 8.09. The normalized spacial score (nSPS) is 21.8. The maximum Gasteiger partial charge on any atom is 0.242 e. The number of hydrogen-bond acceptors (Lipinski definition) is 5. The van der Waals surface area contributed by atoms with Crippen molar-refractivity contribution in [1.29, 1.82) is 0 Å². The third-order valence-electron chi connectivity index (χ3n) is 3.77. The first-order valence-electron chi connectivity index (χ1n) is 6.90. The Bertz CT molecular complexity index is 623. The van der Waals surface area contributed by atoms with Crippen molar-refractivity contribution < 1.29 is 13.2 Å². The third kappa shape index (κ3) is 3.79. The summed E-state index contributed by atoms with van der Waals surface area (Å²) >= 11 is 0.